The van der Waals surface area contributed by atoms with Gasteiger partial charge in [-0.1, -0.05) is 42.5 Å². The summed E-state index contributed by atoms with van der Waals surface area (Å²) in [7, 11) is 0. The first kappa shape index (κ1) is 24.1. The summed E-state index contributed by atoms with van der Waals surface area (Å²) in [6.45, 7) is 0.177. The van der Waals surface area contributed by atoms with Crippen LogP contribution in [-0.4, -0.2) is 25.4 Å². The Bertz CT molecular complexity index is 1540. The Balaban J connectivity index is 1.32. The maximum atomic E-state index is 13.4. The summed E-state index contributed by atoms with van der Waals surface area (Å²) in [5.41, 5.74) is 4.30. The summed E-state index contributed by atoms with van der Waals surface area (Å²) in [6, 6.07) is 19.6. The van der Waals surface area contributed by atoms with Crippen molar-refractivity contribution in [3.63, 3.8) is 0 Å². The third-order valence-corrected chi connectivity index (χ3v) is 6.24. The lowest BCUT2D eigenvalue weighted by atomic mass is 10.1. The molecule has 0 bridgehead atoms. The van der Waals surface area contributed by atoms with Crippen LogP contribution in [0.4, 0.5) is 4.39 Å². The van der Waals surface area contributed by atoms with Gasteiger partial charge in [0.05, 0.1) is 18.4 Å². The Kier molecular flexibility index (Phi) is 7.16. The lowest BCUT2D eigenvalue weighted by molar-refractivity contribution is -0.121. The molecule has 8 heteroatoms. The van der Waals surface area contributed by atoms with Crippen LogP contribution in [0.1, 0.15) is 23.4 Å². The highest BCUT2D eigenvalue weighted by atomic mass is 19.1. The molecule has 0 aliphatic carbocycles. The third-order valence-electron chi connectivity index (χ3n) is 6.24. The van der Waals surface area contributed by atoms with E-state index in [4.69, 9.17) is 0 Å². The van der Waals surface area contributed by atoms with Crippen molar-refractivity contribution in [2.75, 3.05) is 0 Å². The number of rotatable bonds is 9. The lowest BCUT2D eigenvalue weighted by Gasteiger charge is -2.14. The van der Waals surface area contributed by atoms with Crippen LogP contribution in [0.5, 0.6) is 0 Å². The van der Waals surface area contributed by atoms with Crippen molar-refractivity contribution in [3.05, 3.63) is 118 Å². The molecule has 186 valence electrons. The number of halogens is 1. The van der Waals surface area contributed by atoms with Gasteiger partial charge in [0.25, 0.3) is 5.56 Å². The van der Waals surface area contributed by atoms with Crippen LogP contribution in [0.3, 0.4) is 0 Å². The van der Waals surface area contributed by atoms with Crippen LogP contribution in [0.2, 0.25) is 0 Å². The van der Waals surface area contributed by atoms with Crippen LogP contribution in [0.25, 0.3) is 22.2 Å². The quantitative estimate of drug-likeness (QED) is 0.317. The topological polar surface area (TPSA) is 92.7 Å². The van der Waals surface area contributed by atoms with E-state index in [1.165, 1.54) is 16.7 Å². The number of aromatic nitrogens is 4. The zero-order valence-corrected chi connectivity index (χ0v) is 20.2. The molecule has 0 radical (unpaired) electrons. The van der Waals surface area contributed by atoms with E-state index in [-0.39, 0.29) is 23.8 Å². The minimum absolute atomic E-state index is 0.127. The maximum absolute atomic E-state index is 13.4. The van der Waals surface area contributed by atoms with E-state index in [0.29, 0.717) is 37.2 Å². The molecule has 0 atom stereocenters. The number of hydrogen-bond acceptors (Lipinski definition) is 4. The maximum Gasteiger partial charge on any atom is 0.273 e. The summed E-state index contributed by atoms with van der Waals surface area (Å²) in [6.07, 6.45) is 6.96. The molecule has 0 aliphatic rings. The Labute approximate surface area is 213 Å². The largest absolute Gasteiger partial charge is 0.357 e. The smallest absolute Gasteiger partial charge is 0.273 e. The minimum Gasteiger partial charge on any atom is -0.357 e. The Morgan fingerprint density at radius 1 is 1.00 bits per heavy atom. The number of carbonyl (C=O) groups is 1. The van der Waals surface area contributed by atoms with E-state index in [1.807, 2.05) is 42.5 Å². The second kappa shape index (κ2) is 11.0. The van der Waals surface area contributed by atoms with Crippen LogP contribution >= 0.6 is 0 Å². The average Bonchev–Trinajstić information content (AvgIpc) is 3.34. The van der Waals surface area contributed by atoms with Crippen molar-refractivity contribution in [2.45, 2.75) is 32.4 Å². The number of fused-ring (bicyclic) bond motifs is 1. The molecule has 0 spiro atoms. The van der Waals surface area contributed by atoms with Gasteiger partial charge in [-0.2, -0.15) is 0 Å². The first-order valence-electron chi connectivity index (χ1n) is 12.1. The van der Waals surface area contributed by atoms with Crippen molar-refractivity contribution < 1.29 is 9.18 Å². The number of aryl methyl sites for hydroxylation is 2. The fourth-order valence-electron chi connectivity index (χ4n) is 4.33. The first-order valence-corrected chi connectivity index (χ1v) is 12.1. The molecule has 2 aromatic carbocycles. The molecule has 0 saturated heterocycles. The van der Waals surface area contributed by atoms with Crippen molar-refractivity contribution >= 4 is 16.8 Å². The Morgan fingerprint density at radius 2 is 1.81 bits per heavy atom. The molecule has 0 saturated carbocycles. The van der Waals surface area contributed by atoms with E-state index >= 15 is 0 Å². The predicted molar refractivity (Wildman–Crippen MR) is 140 cm³/mol. The van der Waals surface area contributed by atoms with Gasteiger partial charge in [0.15, 0.2) is 0 Å². The normalized spacial score (nSPS) is 11.1. The number of nitrogens with one attached hydrogen (secondary N) is 2. The second-order valence-electron chi connectivity index (χ2n) is 8.86. The zero-order chi connectivity index (χ0) is 25.6. The highest BCUT2D eigenvalue weighted by Crippen LogP contribution is 2.18. The highest BCUT2D eigenvalue weighted by molar-refractivity contribution is 5.80. The van der Waals surface area contributed by atoms with Gasteiger partial charge in [-0.25, -0.2) is 4.39 Å². The summed E-state index contributed by atoms with van der Waals surface area (Å²) in [5, 5.41) is 3.87. The molecule has 0 fully saturated rings. The third kappa shape index (κ3) is 5.81. The van der Waals surface area contributed by atoms with Crippen LogP contribution in [0, 0.1) is 5.82 Å². The van der Waals surface area contributed by atoms with Crippen LogP contribution in [-0.2, 0) is 30.7 Å². The summed E-state index contributed by atoms with van der Waals surface area (Å²) in [5.74, 6) is -0.552. The van der Waals surface area contributed by atoms with Crippen molar-refractivity contribution in [1.82, 2.24) is 24.8 Å². The molecule has 0 unspecified atom stereocenters. The number of aromatic amines is 1. The van der Waals surface area contributed by atoms with Gasteiger partial charge < -0.3 is 10.3 Å². The molecular formula is C29H26FN5O2. The van der Waals surface area contributed by atoms with Gasteiger partial charge in [0, 0.05) is 29.0 Å². The fourth-order valence-corrected chi connectivity index (χ4v) is 4.33. The zero-order valence-electron chi connectivity index (χ0n) is 20.2. The van der Waals surface area contributed by atoms with Gasteiger partial charge in [-0.05, 0) is 54.7 Å². The van der Waals surface area contributed by atoms with Gasteiger partial charge in [-0.3, -0.25) is 24.1 Å². The molecule has 5 rings (SSSR count). The number of pyridine rings is 1. The molecule has 37 heavy (non-hydrogen) atoms. The fraction of sp³-hybridized carbons (Fsp3) is 0.172. The number of hydrogen-bond donors (Lipinski definition) is 2. The molecular weight excluding hydrogens is 469 g/mol. The summed E-state index contributed by atoms with van der Waals surface area (Å²) < 4.78 is 14.6. The Morgan fingerprint density at radius 3 is 2.59 bits per heavy atom. The molecule has 0 aliphatic heterocycles. The minimum atomic E-state index is -0.285. The highest BCUT2D eigenvalue weighted by Gasteiger charge is 2.15. The van der Waals surface area contributed by atoms with Gasteiger partial charge in [-0.15, -0.1) is 0 Å². The molecule has 2 N–H and O–H groups in total. The predicted octanol–water partition coefficient (Wildman–Crippen LogP) is 4.42. The number of nitrogens with zero attached hydrogens (tertiary/aromatic N) is 3. The molecule has 3 heterocycles. The van der Waals surface area contributed by atoms with Crippen molar-refractivity contribution in [3.8, 4) is 11.3 Å². The summed E-state index contributed by atoms with van der Waals surface area (Å²) >= 11 is 0. The number of amides is 1. The van der Waals surface area contributed by atoms with Gasteiger partial charge in [0.1, 0.15) is 18.1 Å². The number of benzene rings is 2. The molecule has 5 aromatic rings. The monoisotopic (exact) mass is 495 g/mol. The standard InChI is InChI=1S/C29H26FN5O2/c30-23-11-9-20(10-12-23)5-4-8-26-29(37)35(27(18-32-26)21-6-2-1-3-7-21)19-28(36)33-17-24-15-22-16-31-14-13-25(22)34-24/h1-3,6-7,9-16,18,34H,4-5,8,17,19H2,(H,33,36). The van der Waals surface area contributed by atoms with E-state index in [1.54, 1.807) is 30.7 Å². The Hall–Kier alpha value is -4.59. The van der Waals surface area contributed by atoms with E-state index in [2.05, 4.69) is 20.3 Å². The second-order valence-corrected chi connectivity index (χ2v) is 8.86. The van der Waals surface area contributed by atoms with Crippen LogP contribution in [0.15, 0.2) is 90.1 Å². The van der Waals surface area contributed by atoms with Crippen molar-refractivity contribution in [2.24, 2.45) is 0 Å². The van der Waals surface area contributed by atoms with Gasteiger partial charge in [0.2, 0.25) is 5.91 Å². The molecule has 3 aromatic heterocycles. The molecule has 7 nitrogen and oxygen atoms in total. The lowest BCUT2D eigenvalue weighted by Crippen LogP contribution is -2.34. The van der Waals surface area contributed by atoms with Crippen molar-refractivity contribution in [1.29, 1.82) is 0 Å². The van der Waals surface area contributed by atoms with E-state index in [0.717, 1.165) is 27.7 Å². The number of H-pyrrole nitrogens is 1. The van der Waals surface area contributed by atoms with Crippen LogP contribution < -0.4 is 10.9 Å². The SMILES string of the molecule is O=C(Cn1c(-c2ccccc2)cnc(CCCc2ccc(F)cc2)c1=O)NCc1cc2cnccc2[nH]1. The van der Waals surface area contributed by atoms with E-state index in [9.17, 15) is 14.0 Å². The number of carbonyl (C=O) groups excluding carboxylic acids is 1. The van der Waals surface area contributed by atoms with Gasteiger partial charge >= 0.3 is 0 Å². The first-order chi connectivity index (χ1) is 18.1. The van der Waals surface area contributed by atoms with E-state index < -0.39 is 0 Å². The average molecular weight is 496 g/mol. The summed E-state index contributed by atoms with van der Waals surface area (Å²) in [4.78, 5) is 38.2. The molecule has 1 amide bonds.